The molecule has 0 bridgehead atoms. The highest BCUT2D eigenvalue weighted by atomic mass is 79.9. The van der Waals surface area contributed by atoms with E-state index in [1.807, 2.05) is 0 Å². The lowest BCUT2D eigenvalue weighted by Gasteiger charge is -2.41. The van der Waals surface area contributed by atoms with Gasteiger partial charge >= 0.3 is 71.6 Å². The summed E-state index contributed by atoms with van der Waals surface area (Å²) >= 11 is 2.70. The van der Waals surface area contributed by atoms with Gasteiger partial charge in [0, 0.05) is 0 Å². The van der Waals surface area contributed by atoms with Gasteiger partial charge in [-0.1, -0.05) is 0 Å². The third-order valence-electron chi connectivity index (χ3n) is 5.40. The maximum Gasteiger partial charge on any atom is 0.460 e. The van der Waals surface area contributed by atoms with Crippen LogP contribution in [0.4, 0.5) is 114 Å². The average molecular weight is 861 g/mol. The Labute approximate surface area is 243 Å². The quantitative estimate of drug-likeness (QED) is 0.226. The van der Waals surface area contributed by atoms with Gasteiger partial charge in [0.05, 0.1) is 20.3 Å². The van der Waals surface area contributed by atoms with E-state index in [1.165, 1.54) is 31.9 Å². The van der Waals surface area contributed by atoms with Gasteiger partial charge in [-0.25, -0.2) is 0 Å². The first-order valence-corrected chi connectivity index (χ1v) is 11.1. The number of aromatic nitrogens is 1. The second-order valence-electron chi connectivity index (χ2n) is 8.24. The number of hydrogen-bond donors (Lipinski definition) is 1. The molecule has 1 aromatic rings. The molecule has 0 amide bonds. The normalized spacial score (nSPS) is 16.4. The molecule has 0 saturated heterocycles. The standard InChI is InChI=1S/C16HBr2F26N/c17-3-1(5(19,20)7(23,24)9(27,28)11(31,32)13(35,36)15(39,40)41)2(4(18)45-3)6(21,22)8(25,26)10(29,30)12(33,34)14(37,38)16(42,43)44/h45H. The van der Waals surface area contributed by atoms with Gasteiger partial charge in [-0.15, -0.1) is 0 Å². The van der Waals surface area contributed by atoms with Crippen LogP contribution in [0.25, 0.3) is 0 Å². The molecule has 0 saturated carbocycles. The first-order valence-electron chi connectivity index (χ1n) is 9.54. The zero-order chi connectivity index (χ0) is 37.0. The monoisotopic (exact) mass is 859 g/mol. The molecule has 1 nitrogen and oxygen atoms in total. The fraction of sp³-hybridized carbons (Fsp3) is 0.750. The van der Waals surface area contributed by atoms with E-state index in [0.717, 1.165) is 0 Å². The second-order valence-corrected chi connectivity index (χ2v) is 9.83. The van der Waals surface area contributed by atoms with Crippen LogP contribution in [-0.4, -0.2) is 64.7 Å². The fourth-order valence-corrected chi connectivity index (χ4v) is 4.44. The average Bonchev–Trinajstić information content (AvgIpc) is 3.11. The van der Waals surface area contributed by atoms with Crippen molar-refractivity contribution in [1.82, 2.24) is 4.98 Å². The van der Waals surface area contributed by atoms with Crippen molar-refractivity contribution in [3.63, 3.8) is 0 Å². The number of hydrogen-bond acceptors (Lipinski definition) is 0. The fourth-order valence-electron chi connectivity index (χ4n) is 2.88. The minimum Gasteiger partial charge on any atom is -0.343 e. The molecule has 0 fully saturated rings. The molecule has 0 aliphatic heterocycles. The van der Waals surface area contributed by atoms with Crippen LogP contribution >= 0.6 is 31.9 Å². The summed E-state index contributed by atoms with van der Waals surface area (Å²) in [6.45, 7) is 0. The summed E-state index contributed by atoms with van der Waals surface area (Å²) in [4.78, 5) is 0.607. The third kappa shape index (κ3) is 5.11. The Morgan fingerprint density at radius 2 is 0.467 bits per heavy atom. The number of nitrogens with one attached hydrogen (secondary N) is 1. The summed E-state index contributed by atoms with van der Waals surface area (Å²) < 4.78 is 344. The Kier molecular flexibility index (Phi) is 9.63. The van der Waals surface area contributed by atoms with Crippen molar-refractivity contribution in [1.29, 1.82) is 0 Å². The number of rotatable bonds is 10. The van der Waals surface area contributed by atoms with Crippen LogP contribution in [0.2, 0.25) is 0 Å². The minimum atomic E-state index is -8.84. The molecule has 1 N–H and O–H groups in total. The molecule has 0 unspecified atom stereocenters. The van der Waals surface area contributed by atoms with E-state index < -0.39 is 91.9 Å². The van der Waals surface area contributed by atoms with Crippen molar-refractivity contribution in [2.45, 2.75) is 71.6 Å². The molecule has 266 valence electrons. The Morgan fingerprint density at radius 1 is 0.289 bits per heavy atom. The Hall–Kier alpha value is -1.58. The molecular formula is C16HBr2F26N. The summed E-state index contributed by atoms with van der Waals surface area (Å²) in [6.07, 6.45) is -16.0. The number of H-pyrrole nitrogens is 1. The van der Waals surface area contributed by atoms with Crippen LogP contribution in [0.15, 0.2) is 9.21 Å². The van der Waals surface area contributed by atoms with Gasteiger partial charge in [0.2, 0.25) is 0 Å². The first kappa shape index (κ1) is 41.4. The van der Waals surface area contributed by atoms with Crippen molar-refractivity contribution < 1.29 is 114 Å². The van der Waals surface area contributed by atoms with E-state index >= 15 is 0 Å². The van der Waals surface area contributed by atoms with Gasteiger partial charge in [-0.05, 0) is 31.9 Å². The van der Waals surface area contributed by atoms with Crippen molar-refractivity contribution in [3.05, 3.63) is 20.3 Å². The van der Waals surface area contributed by atoms with Gasteiger partial charge in [-0.3, -0.25) is 0 Å². The van der Waals surface area contributed by atoms with Crippen LogP contribution < -0.4 is 0 Å². The summed E-state index contributed by atoms with van der Waals surface area (Å²) in [5, 5.41) is 0. The maximum absolute atomic E-state index is 14.6. The first-order chi connectivity index (χ1) is 19.0. The predicted molar refractivity (Wildman–Crippen MR) is 95.7 cm³/mol. The van der Waals surface area contributed by atoms with E-state index in [-0.39, 0.29) is 0 Å². The Morgan fingerprint density at radius 3 is 0.644 bits per heavy atom. The molecule has 1 heterocycles. The summed E-state index contributed by atoms with van der Waals surface area (Å²) in [5.74, 6) is -85.4. The molecule has 0 atom stereocenters. The Bertz CT molecular complexity index is 1170. The van der Waals surface area contributed by atoms with Gasteiger partial charge in [0.15, 0.2) is 0 Å². The van der Waals surface area contributed by atoms with Gasteiger partial charge in [-0.2, -0.15) is 114 Å². The van der Waals surface area contributed by atoms with Crippen LogP contribution in [0, 0.1) is 0 Å². The zero-order valence-corrected chi connectivity index (χ0v) is 22.3. The molecule has 1 aromatic heterocycles. The molecular weight excluding hydrogens is 860 g/mol. The van der Waals surface area contributed by atoms with Gasteiger partial charge in [0.25, 0.3) is 0 Å². The van der Waals surface area contributed by atoms with Crippen LogP contribution in [-0.2, 0) is 11.8 Å². The van der Waals surface area contributed by atoms with Gasteiger partial charge in [0.1, 0.15) is 0 Å². The lowest BCUT2D eigenvalue weighted by molar-refractivity contribution is -0.444. The molecule has 45 heavy (non-hydrogen) atoms. The summed E-state index contributed by atoms with van der Waals surface area (Å²) in [7, 11) is 0. The topological polar surface area (TPSA) is 15.8 Å². The number of aromatic amines is 1. The maximum atomic E-state index is 14.6. The molecule has 29 heteroatoms. The largest absolute Gasteiger partial charge is 0.460 e. The molecule has 0 spiro atoms. The minimum absolute atomic E-state index is 0.607. The van der Waals surface area contributed by atoms with E-state index in [0.29, 0.717) is 4.98 Å². The van der Waals surface area contributed by atoms with Crippen molar-refractivity contribution >= 4 is 31.9 Å². The summed E-state index contributed by atoms with van der Waals surface area (Å²) in [6, 6.07) is 0. The highest BCUT2D eigenvalue weighted by molar-refractivity contribution is 9.11. The zero-order valence-electron chi connectivity index (χ0n) is 19.1. The predicted octanol–water partition coefficient (Wildman–Crippen LogP) is 10.9. The van der Waals surface area contributed by atoms with Crippen molar-refractivity contribution in [3.8, 4) is 0 Å². The van der Waals surface area contributed by atoms with Crippen LogP contribution in [0.3, 0.4) is 0 Å². The Balaban J connectivity index is 4.17. The molecule has 0 aliphatic carbocycles. The highest BCUT2D eigenvalue weighted by Gasteiger charge is 2.93. The lowest BCUT2D eigenvalue weighted by atomic mass is 9.86. The van der Waals surface area contributed by atoms with E-state index in [2.05, 4.69) is 0 Å². The molecule has 0 aliphatic rings. The number of halogens is 28. The van der Waals surface area contributed by atoms with Crippen molar-refractivity contribution in [2.24, 2.45) is 0 Å². The highest BCUT2D eigenvalue weighted by Crippen LogP contribution is 2.67. The third-order valence-corrected chi connectivity index (χ3v) is 6.59. The molecule has 0 aromatic carbocycles. The SMILES string of the molecule is FC(F)(F)C(F)(F)C(F)(F)C(F)(F)C(F)(F)C(F)(F)c1c(Br)[nH]c(Br)c1C(F)(F)C(F)(F)C(F)(F)C(F)(F)C(F)(F)C(F)(F)F. The summed E-state index contributed by atoms with van der Waals surface area (Å²) in [5.41, 5.74) is -8.48. The molecule has 0 radical (unpaired) electrons. The van der Waals surface area contributed by atoms with Gasteiger partial charge < -0.3 is 4.98 Å². The van der Waals surface area contributed by atoms with Crippen molar-refractivity contribution in [2.75, 3.05) is 0 Å². The van der Waals surface area contributed by atoms with E-state index in [9.17, 15) is 114 Å². The smallest absolute Gasteiger partial charge is 0.343 e. The van der Waals surface area contributed by atoms with E-state index in [1.54, 1.807) is 0 Å². The molecule has 1 rings (SSSR count). The lowest BCUT2D eigenvalue weighted by Crippen LogP contribution is -2.70. The second kappa shape index (κ2) is 10.5. The van der Waals surface area contributed by atoms with Crippen LogP contribution in [0.1, 0.15) is 11.1 Å². The number of alkyl halides is 26. The van der Waals surface area contributed by atoms with E-state index in [4.69, 9.17) is 0 Å². The van der Waals surface area contributed by atoms with Crippen LogP contribution in [0.5, 0.6) is 0 Å².